The second-order valence-corrected chi connectivity index (χ2v) is 4.61. The first-order valence-corrected chi connectivity index (χ1v) is 7.04. The van der Waals surface area contributed by atoms with Crippen molar-refractivity contribution in [3.63, 3.8) is 0 Å². The Labute approximate surface area is 111 Å². The van der Waals surface area contributed by atoms with Crippen molar-refractivity contribution in [3.05, 3.63) is 0 Å². The van der Waals surface area contributed by atoms with Gasteiger partial charge in [0.1, 0.15) is 0 Å². The molecule has 0 aliphatic rings. The normalized spacial score (nSPS) is 13.2. The fourth-order valence-electron chi connectivity index (χ4n) is 1.95. The van der Waals surface area contributed by atoms with E-state index < -0.39 is 11.9 Å². The molecule has 0 aliphatic heterocycles. The van der Waals surface area contributed by atoms with Crippen molar-refractivity contribution in [2.75, 3.05) is 39.3 Å². The molecule has 1 unspecified atom stereocenters. The Kier molecular flexibility index (Phi) is 9.92. The van der Waals surface area contributed by atoms with Crippen LogP contribution >= 0.6 is 0 Å². The van der Waals surface area contributed by atoms with Crippen molar-refractivity contribution in [2.45, 2.75) is 39.7 Å². The van der Waals surface area contributed by atoms with Gasteiger partial charge in [-0.25, -0.2) is 0 Å². The van der Waals surface area contributed by atoms with Gasteiger partial charge in [-0.15, -0.1) is 0 Å². The molecule has 0 bridgehead atoms. The molecule has 0 spiro atoms. The summed E-state index contributed by atoms with van der Waals surface area (Å²) in [5.41, 5.74) is 10.8. The van der Waals surface area contributed by atoms with Gasteiger partial charge in [0.15, 0.2) is 0 Å². The molecular weight excluding hydrogens is 228 g/mol. The molecule has 5 nitrogen and oxygen atoms in total. The SMILES string of the molecule is CCN(CC)CCCN(CC)CCC(N)C(N)=O. The van der Waals surface area contributed by atoms with Crippen molar-refractivity contribution < 1.29 is 4.79 Å². The number of carbonyl (C=O) groups is 1. The highest BCUT2D eigenvalue weighted by Crippen LogP contribution is 1.98. The van der Waals surface area contributed by atoms with Gasteiger partial charge in [0.2, 0.25) is 5.91 Å². The predicted octanol–water partition coefficient (Wildman–Crippen LogP) is 0.243. The average molecular weight is 258 g/mol. The highest BCUT2D eigenvalue weighted by molar-refractivity contribution is 5.79. The van der Waals surface area contributed by atoms with E-state index in [4.69, 9.17) is 11.5 Å². The Balaban J connectivity index is 3.80. The lowest BCUT2D eigenvalue weighted by atomic mass is 10.2. The lowest BCUT2D eigenvalue weighted by molar-refractivity contribution is -0.119. The summed E-state index contributed by atoms with van der Waals surface area (Å²) >= 11 is 0. The monoisotopic (exact) mass is 258 g/mol. The van der Waals surface area contributed by atoms with Gasteiger partial charge in [-0.3, -0.25) is 4.79 Å². The quantitative estimate of drug-likeness (QED) is 0.557. The zero-order chi connectivity index (χ0) is 14.0. The second-order valence-electron chi connectivity index (χ2n) is 4.61. The van der Waals surface area contributed by atoms with Crippen LogP contribution in [0.5, 0.6) is 0 Å². The Morgan fingerprint density at radius 2 is 1.50 bits per heavy atom. The fourth-order valence-corrected chi connectivity index (χ4v) is 1.95. The summed E-state index contributed by atoms with van der Waals surface area (Å²) in [6.45, 7) is 12.7. The van der Waals surface area contributed by atoms with Crippen molar-refractivity contribution >= 4 is 5.91 Å². The summed E-state index contributed by atoms with van der Waals surface area (Å²) in [7, 11) is 0. The molecule has 0 saturated carbocycles. The zero-order valence-electron chi connectivity index (χ0n) is 12.2. The molecule has 1 amide bonds. The Morgan fingerprint density at radius 1 is 1.00 bits per heavy atom. The number of hydrogen-bond donors (Lipinski definition) is 2. The van der Waals surface area contributed by atoms with E-state index in [0.29, 0.717) is 6.42 Å². The molecule has 0 fully saturated rings. The van der Waals surface area contributed by atoms with Crippen LogP contribution in [0.1, 0.15) is 33.6 Å². The van der Waals surface area contributed by atoms with Gasteiger partial charge in [0.05, 0.1) is 6.04 Å². The van der Waals surface area contributed by atoms with Crippen LogP contribution in [0.4, 0.5) is 0 Å². The summed E-state index contributed by atoms with van der Waals surface area (Å²) in [5.74, 6) is -0.408. The van der Waals surface area contributed by atoms with Crippen LogP contribution in [0.2, 0.25) is 0 Å². The van der Waals surface area contributed by atoms with Crippen molar-refractivity contribution in [2.24, 2.45) is 11.5 Å². The van der Waals surface area contributed by atoms with E-state index in [1.807, 2.05) is 0 Å². The first kappa shape index (κ1) is 17.4. The summed E-state index contributed by atoms with van der Waals surface area (Å²) in [6.07, 6.45) is 1.80. The van der Waals surface area contributed by atoms with Gasteiger partial charge in [-0.05, 0) is 45.6 Å². The zero-order valence-corrected chi connectivity index (χ0v) is 12.2. The van der Waals surface area contributed by atoms with Crippen LogP contribution in [-0.2, 0) is 4.79 Å². The summed E-state index contributed by atoms with van der Waals surface area (Å²) in [6, 6.07) is -0.512. The second kappa shape index (κ2) is 10.3. The number of amides is 1. The van der Waals surface area contributed by atoms with Crippen molar-refractivity contribution in [1.29, 1.82) is 0 Å². The first-order valence-electron chi connectivity index (χ1n) is 7.04. The molecule has 0 radical (unpaired) electrons. The Morgan fingerprint density at radius 3 is 1.94 bits per heavy atom. The van der Waals surface area contributed by atoms with Crippen LogP contribution in [-0.4, -0.2) is 61.0 Å². The number of hydrogen-bond acceptors (Lipinski definition) is 4. The molecule has 0 saturated heterocycles. The smallest absolute Gasteiger partial charge is 0.234 e. The minimum atomic E-state index is -0.512. The van der Waals surface area contributed by atoms with E-state index in [-0.39, 0.29) is 0 Å². The van der Waals surface area contributed by atoms with Crippen LogP contribution < -0.4 is 11.5 Å². The van der Waals surface area contributed by atoms with Crippen LogP contribution in [0.3, 0.4) is 0 Å². The number of nitrogens with two attached hydrogens (primary N) is 2. The molecule has 4 N–H and O–H groups in total. The largest absolute Gasteiger partial charge is 0.368 e. The van der Waals surface area contributed by atoms with Crippen LogP contribution in [0.25, 0.3) is 0 Å². The highest BCUT2D eigenvalue weighted by Gasteiger charge is 2.11. The van der Waals surface area contributed by atoms with Gasteiger partial charge in [0.25, 0.3) is 0 Å². The third-order valence-corrected chi connectivity index (χ3v) is 3.41. The van der Waals surface area contributed by atoms with Gasteiger partial charge in [-0.2, -0.15) is 0 Å². The summed E-state index contributed by atoms with van der Waals surface area (Å²) < 4.78 is 0. The maximum Gasteiger partial charge on any atom is 0.234 e. The minimum Gasteiger partial charge on any atom is -0.368 e. The van der Waals surface area contributed by atoms with E-state index in [2.05, 4.69) is 30.6 Å². The molecule has 0 heterocycles. The maximum absolute atomic E-state index is 10.9. The standard InChI is InChI=1S/C13H30N4O/c1-4-16(5-2)9-7-10-17(6-3)11-8-12(14)13(15)18/h12H,4-11,14H2,1-3H3,(H2,15,18). The Hall–Kier alpha value is -0.650. The van der Waals surface area contributed by atoms with E-state index >= 15 is 0 Å². The van der Waals surface area contributed by atoms with E-state index in [9.17, 15) is 4.79 Å². The average Bonchev–Trinajstić information content (AvgIpc) is 2.37. The topological polar surface area (TPSA) is 75.6 Å². The lowest BCUT2D eigenvalue weighted by Gasteiger charge is -2.24. The van der Waals surface area contributed by atoms with Gasteiger partial charge < -0.3 is 21.3 Å². The predicted molar refractivity (Wildman–Crippen MR) is 76.3 cm³/mol. The third kappa shape index (κ3) is 7.63. The molecule has 18 heavy (non-hydrogen) atoms. The molecular formula is C13H30N4O. The van der Waals surface area contributed by atoms with E-state index in [1.165, 1.54) is 0 Å². The molecule has 0 aliphatic carbocycles. The molecule has 0 aromatic carbocycles. The van der Waals surface area contributed by atoms with Gasteiger partial charge >= 0.3 is 0 Å². The molecule has 0 aromatic heterocycles. The molecule has 108 valence electrons. The molecule has 1 atom stereocenters. The van der Waals surface area contributed by atoms with Gasteiger partial charge in [-0.1, -0.05) is 20.8 Å². The maximum atomic E-state index is 10.9. The minimum absolute atomic E-state index is 0.408. The summed E-state index contributed by atoms with van der Waals surface area (Å²) in [4.78, 5) is 15.6. The van der Waals surface area contributed by atoms with E-state index in [0.717, 1.165) is 45.7 Å². The van der Waals surface area contributed by atoms with E-state index in [1.54, 1.807) is 0 Å². The highest BCUT2D eigenvalue weighted by atomic mass is 16.1. The van der Waals surface area contributed by atoms with Crippen molar-refractivity contribution in [3.8, 4) is 0 Å². The Bertz CT molecular complexity index is 219. The first-order chi connectivity index (χ1) is 8.54. The lowest BCUT2D eigenvalue weighted by Crippen LogP contribution is -2.40. The van der Waals surface area contributed by atoms with Crippen LogP contribution in [0, 0.1) is 0 Å². The molecule has 0 rings (SSSR count). The van der Waals surface area contributed by atoms with Crippen molar-refractivity contribution in [1.82, 2.24) is 9.80 Å². The summed E-state index contributed by atoms with van der Waals surface area (Å²) in [5, 5.41) is 0. The fraction of sp³-hybridized carbons (Fsp3) is 0.923. The van der Waals surface area contributed by atoms with Gasteiger partial charge in [0, 0.05) is 6.54 Å². The molecule has 5 heteroatoms. The number of rotatable bonds is 11. The number of nitrogens with zero attached hydrogens (tertiary/aromatic N) is 2. The number of carbonyl (C=O) groups excluding carboxylic acids is 1. The third-order valence-electron chi connectivity index (χ3n) is 3.41. The number of primary amides is 1. The molecule has 0 aromatic rings. The van der Waals surface area contributed by atoms with Crippen LogP contribution in [0.15, 0.2) is 0 Å².